The molecule has 5 heteroatoms. The highest BCUT2D eigenvalue weighted by Crippen LogP contribution is 2.33. The van der Waals surface area contributed by atoms with Crippen molar-refractivity contribution in [2.24, 2.45) is 11.7 Å². The Balaban J connectivity index is 1.95. The van der Waals surface area contributed by atoms with E-state index in [0.29, 0.717) is 12.8 Å². The van der Waals surface area contributed by atoms with Gasteiger partial charge in [-0.3, -0.25) is 14.4 Å². The van der Waals surface area contributed by atoms with Gasteiger partial charge in [0.15, 0.2) is 0 Å². The van der Waals surface area contributed by atoms with Crippen LogP contribution in [0.1, 0.15) is 43.7 Å². The molecule has 2 aromatic rings. The van der Waals surface area contributed by atoms with Crippen molar-refractivity contribution in [1.82, 2.24) is 5.32 Å². The van der Waals surface area contributed by atoms with Crippen LogP contribution in [0, 0.1) is 5.92 Å². The average Bonchev–Trinajstić information content (AvgIpc) is 2.72. The first-order valence-electron chi connectivity index (χ1n) is 9.66. The van der Waals surface area contributed by atoms with E-state index in [-0.39, 0.29) is 24.0 Å². The first kappa shape index (κ1) is 19.8. The van der Waals surface area contributed by atoms with Gasteiger partial charge in [0, 0.05) is 12.8 Å². The Morgan fingerprint density at radius 3 is 2.04 bits per heavy atom. The third-order valence-corrected chi connectivity index (χ3v) is 5.74. The zero-order valence-electron chi connectivity index (χ0n) is 16.1. The summed E-state index contributed by atoms with van der Waals surface area (Å²) in [6.07, 6.45) is 2.23. The number of primary amides is 1. The largest absolute Gasteiger partial charge is 0.368 e. The van der Waals surface area contributed by atoms with Gasteiger partial charge >= 0.3 is 0 Å². The summed E-state index contributed by atoms with van der Waals surface area (Å²) < 4.78 is 0. The van der Waals surface area contributed by atoms with Crippen LogP contribution in [0.4, 0.5) is 0 Å². The van der Waals surface area contributed by atoms with Gasteiger partial charge in [0.05, 0.1) is 5.41 Å². The lowest BCUT2D eigenvalue weighted by molar-refractivity contribution is -0.132. The van der Waals surface area contributed by atoms with E-state index in [1.54, 1.807) is 0 Å². The minimum atomic E-state index is -0.991. The molecule has 3 N–H and O–H groups in total. The van der Waals surface area contributed by atoms with Crippen LogP contribution < -0.4 is 11.1 Å². The van der Waals surface area contributed by atoms with E-state index in [0.717, 1.165) is 17.5 Å². The highest BCUT2D eigenvalue weighted by atomic mass is 16.2. The van der Waals surface area contributed by atoms with Crippen LogP contribution in [-0.2, 0) is 19.8 Å². The maximum absolute atomic E-state index is 13.5. The predicted octanol–water partition coefficient (Wildman–Crippen LogP) is 2.72. The van der Waals surface area contributed by atoms with E-state index in [2.05, 4.69) is 5.32 Å². The van der Waals surface area contributed by atoms with E-state index < -0.39 is 17.4 Å². The number of hydrogen-bond donors (Lipinski definition) is 2. The summed E-state index contributed by atoms with van der Waals surface area (Å²) in [6, 6.07) is 18.1. The molecule has 0 aliphatic heterocycles. The molecule has 0 aromatic heterocycles. The number of nitrogens with two attached hydrogens (primary N) is 1. The van der Waals surface area contributed by atoms with Crippen LogP contribution in [0.3, 0.4) is 0 Å². The summed E-state index contributed by atoms with van der Waals surface area (Å²) in [5.41, 5.74) is 6.27. The maximum Gasteiger partial charge on any atom is 0.240 e. The second-order valence-corrected chi connectivity index (χ2v) is 7.61. The SMILES string of the molecule is CC(C(=O)N[C@@H](C(N)=O)[C@@H]1CCCC(=O)C1)(c1ccccc1)c1ccccc1. The maximum atomic E-state index is 13.5. The molecule has 1 fully saturated rings. The smallest absolute Gasteiger partial charge is 0.240 e. The van der Waals surface area contributed by atoms with Crippen molar-refractivity contribution in [2.45, 2.75) is 44.1 Å². The lowest BCUT2D eigenvalue weighted by atomic mass is 9.74. The molecule has 146 valence electrons. The standard InChI is InChI=1S/C23H26N2O3/c1-23(17-10-4-2-5-11-17,18-12-6-3-7-13-18)22(28)25-20(21(24)27)16-9-8-14-19(26)15-16/h2-7,10-13,16,20H,8-9,14-15H2,1H3,(H2,24,27)(H,25,28)/t16-,20-/m1/s1. The third-order valence-electron chi connectivity index (χ3n) is 5.74. The average molecular weight is 378 g/mol. The van der Waals surface area contributed by atoms with Gasteiger partial charge in [-0.15, -0.1) is 0 Å². The Labute approximate surface area is 165 Å². The molecule has 2 amide bonds. The summed E-state index contributed by atoms with van der Waals surface area (Å²) in [6.45, 7) is 1.84. The molecule has 28 heavy (non-hydrogen) atoms. The van der Waals surface area contributed by atoms with Gasteiger partial charge in [0.25, 0.3) is 0 Å². The molecule has 1 saturated carbocycles. The zero-order chi connectivity index (χ0) is 20.1. The topological polar surface area (TPSA) is 89.3 Å². The van der Waals surface area contributed by atoms with Crippen LogP contribution in [0.5, 0.6) is 0 Å². The Kier molecular flexibility index (Phi) is 5.93. The fourth-order valence-corrected chi connectivity index (χ4v) is 4.02. The fraction of sp³-hybridized carbons (Fsp3) is 0.348. The van der Waals surface area contributed by atoms with Crippen molar-refractivity contribution < 1.29 is 14.4 Å². The molecule has 0 spiro atoms. The predicted molar refractivity (Wildman–Crippen MR) is 107 cm³/mol. The number of hydrogen-bond acceptors (Lipinski definition) is 3. The summed E-state index contributed by atoms with van der Waals surface area (Å²) >= 11 is 0. The summed E-state index contributed by atoms with van der Waals surface area (Å²) in [7, 11) is 0. The quantitative estimate of drug-likeness (QED) is 0.810. The summed E-state index contributed by atoms with van der Waals surface area (Å²) in [5, 5.41) is 2.88. The second-order valence-electron chi connectivity index (χ2n) is 7.61. The number of ketones is 1. The van der Waals surface area contributed by atoms with Crippen LogP contribution in [0.25, 0.3) is 0 Å². The molecule has 0 saturated heterocycles. The molecule has 2 aromatic carbocycles. The number of benzene rings is 2. The third kappa shape index (κ3) is 3.98. The van der Waals surface area contributed by atoms with Crippen molar-refractivity contribution in [2.75, 3.05) is 0 Å². The molecule has 1 aliphatic rings. The number of nitrogens with one attached hydrogen (secondary N) is 1. The Bertz CT molecular complexity index is 809. The summed E-state index contributed by atoms with van der Waals surface area (Å²) in [5.74, 6) is -1.03. The van der Waals surface area contributed by atoms with Gasteiger partial charge in [-0.1, -0.05) is 60.7 Å². The first-order chi connectivity index (χ1) is 13.4. The first-order valence-corrected chi connectivity index (χ1v) is 9.66. The number of Topliss-reactive ketones (excluding diaryl/α,β-unsaturated/α-hetero) is 1. The molecule has 2 atom stereocenters. The number of amides is 2. The van der Waals surface area contributed by atoms with E-state index in [9.17, 15) is 14.4 Å². The van der Waals surface area contributed by atoms with Gasteiger partial charge in [0.1, 0.15) is 11.8 Å². The van der Waals surface area contributed by atoms with Gasteiger partial charge in [-0.05, 0) is 36.8 Å². The normalized spacial score (nSPS) is 18.3. The van der Waals surface area contributed by atoms with Gasteiger partial charge in [-0.2, -0.15) is 0 Å². The molecule has 5 nitrogen and oxygen atoms in total. The van der Waals surface area contributed by atoms with Crippen LogP contribution >= 0.6 is 0 Å². The Hall–Kier alpha value is -2.95. The van der Waals surface area contributed by atoms with Crippen molar-refractivity contribution >= 4 is 17.6 Å². The molecule has 0 bridgehead atoms. The number of rotatable bonds is 6. The van der Waals surface area contributed by atoms with Gasteiger partial charge in [0.2, 0.25) is 11.8 Å². The monoisotopic (exact) mass is 378 g/mol. The highest BCUT2D eigenvalue weighted by Gasteiger charge is 2.40. The van der Waals surface area contributed by atoms with Crippen molar-refractivity contribution in [3.8, 4) is 0 Å². The Morgan fingerprint density at radius 2 is 1.57 bits per heavy atom. The van der Waals surface area contributed by atoms with Crippen molar-refractivity contribution in [3.63, 3.8) is 0 Å². The molecule has 0 unspecified atom stereocenters. The lowest BCUT2D eigenvalue weighted by Gasteiger charge is -2.34. The minimum absolute atomic E-state index is 0.116. The molecule has 3 rings (SSSR count). The molecule has 1 aliphatic carbocycles. The fourth-order valence-electron chi connectivity index (χ4n) is 4.02. The van der Waals surface area contributed by atoms with Crippen molar-refractivity contribution in [1.29, 1.82) is 0 Å². The van der Waals surface area contributed by atoms with E-state index in [1.165, 1.54) is 0 Å². The minimum Gasteiger partial charge on any atom is -0.368 e. The van der Waals surface area contributed by atoms with E-state index >= 15 is 0 Å². The molecule has 0 radical (unpaired) electrons. The van der Waals surface area contributed by atoms with Crippen molar-refractivity contribution in [3.05, 3.63) is 71.8 Å². The Morgan fingerprint density at radius 1 is 1.04 bits per heavy atom. The van der Waals surface area contributed by atoms with E-state index in [4.69, 9.17) is 5.73 Å². The number of carbonyl (C=O) groups excluding carboxylic acids is 3. The zero-order valence-corrected chi connectivity index (χ0v) is 16.1. The molecule has 0 heterocycles. The van der Waals surface area contributed by atoms with Crippen LogP contribution in [0.15, 0.2) is 60.7 Å². The van der Waals surface area contributed by atoms with E-state index in [1.807, 2.05) is 67.6 Å². The van der Waals surface area contributed by atoms with Gasteiger partial charge < -0.3 is 11.1 Å². The van der Waals surface area contributed by atoms with Crippen LogP contribution in [-0.4, -0.2) is 23.6 Å². The highest BCUT2D eigenvalue weighted by molar-refractivity contribution is 5.95. The second kappa shape index (κ2) is 8.38. The van der Waals surface area contributed by atoms with Gasteiger partial charge in [-0.25, -0.2) is 0 Å². The number of carbonyl (C=O) groups is 3. The molecular weight excluding hydrogens is 352 g/mol. The summed E-state index contributed by atoms with van der Waals surface area (Å²) in [4.78, 5) is 37.5. The lowest BCUT2D eigenvalue weighted by Crippen LogP contribution is -2.55. The molecular formula is C23H26N2O3. The van der Waals surface area contributed by atoms with Crippen LogP contribution in [0.2, 0.25) is 0 Å².